The molecule has 0 N–H and O–H groups in total. The van der Waals surface area contributed by atoms with Crippen LogP contribution in [0.15, 0.2) is 64.7 Å². The van der Waals surface area contributed by atoms with Gasteiger partial charge in [-0.05, 0) is 29.8 Å². The third-order valence-corrected chi connectivity index (χ3v) is 5.67. The molecule has 0 spiro atoms. The monoisotopic (exact) mass is 466 g/mol. The van der Waals surface area contributed by atoms with E-state index < -0.39 is 0 Å². The Balaban J connectivity index is 0.00000169. The number of nitrogens with zero attached hydrogens (tertiary/aromatic N) is 2. The van der Waals surface area contributed by atoms with Crippen molar-refractivity contribution >= 4 is 46.0 Å². The molecule has 0 saturated heterocycles. The molecule has 122 valence electrons. The molecule has 0 bridgehead atoms. The standard InChI is InChI=1S/C19H16ClN2S.HI/c1-21-11-10-13(19-14(20)6-5-8-16(19)21)12-18-22(2)15-7-3-4-9-17(15)23-18;/h3-12H,1-2H3;1H/q+1;/p-1. The maximum atomic E-state index is 6.48. The second kappa shape index (κ2) is 6.94. The van der Waals surface area contributed by atoms with Crippen LogP contribution >= 0.6 is 23.4 Å². The lowest BCUT2D eigenvalue weighted by molar-refractivity contribution is -0.644. The first-order valence-electron chi connectivity index (χ1n) is 7.44. The van der Waals surface area contributed by atoms with E-state index >= 15 is 0 Å². The fourth-order valence-electron chi connectivity index (χ4n) is 2.95. The van der Waals surface area contributed by atoms with Crippen LogP contribution in [0, 0.1) is 0 Å². The van der Waals surface area contributed by atoms with Gasteiger partial charge in [0, 0.05) is 24.1 Å². The minimum Gasteiger partial charge on any atom is -1.00 e. The molecule has 0 radical (unpaired) electrons. The molecule has 0 aliphatic carbocycles. The third kappa shape index (κ3) is 2.91. The summed E-state index contributed by atoms with van der Waals surface area (Å²) in [6, 6.07) is 16.6. The summed E-state index contributed by atoms with van der Waals surface area (Å²) in [4.78, 5) is 3.52. The number of aryl methyl sites for hydroxylation is 1. The van der Waals surface area contributed by atoms with Crippen LogP contribution in [-0.4, -0.2) is 7.05 Å². The van der Waals surface area contributed by atoms with Crippen LogP contribution in [0.5, 0.6) is 0 Å². The first-order valence-corrected chi connectivity index (χ1v) is 8.64. The molecule has 24 heavy (non-hydrogen) atoms. The van der Waals surface area contributed by atoms with E-state index in [1.807, 2.05) is 19.2 Å². The Morgan fingerprint density at radius 1 is 1.08 bits per heavy atom. The van der Waals surface area contributed by atoms with Crippen molar-refractivity contribution in [1.82, 2.24) is 0 Å². The van der Waals surface area contributed by atoms with Crippen LogP contribution in [0.2, 0.25) is 5.02 Å². The highest BCUT2D eigenvalue weighted by Crippen LogP contribution is 2.45. The van der Waals surface area contributed by atoms with Gasteiger partial charge >= 0.3 is 0 Å². The number of para-hydroxylation sites is 1. The van der Waals surface area contributed by atoms with E-state index in [0.717, 1.165) is 21.5 Å². The summed E-state index contributed by atoms with van der Waals surface area (Å²) in [6.45, 7) is 0. The average Bonchev–Trinajstić information content (AvgIpc) is 2.87. The van der Waals surface area contributed by atoms with E-state index in [0.29, 0.717) is 0 Å². The van der Waals surface area contributed by atoms with Crippen molar-refractivity contribution < 1.29 is 28.5 Å². The van der Waals surface area contributed by atoms with Crippen molar-refractivity contribution in [2.75, 3.05) is 11.9 Å². The highest BCUT2D eigenvalue weighted by Gasteiger charge is 2.22. The summed E-state index contributed by atoms with van der Waals surface area (Å²) in [6.07, 6.45) is 4.30. The SMILES string of the molecule is CN1/C(=C/c2cc[n+](C)c3cccc(Cl)c23)Sc2ccccc21.[I-]. The van der Waals surface area contributed by atoms with E-state index in [4.69, 9.17) is 11.6 Å². The number of fused-ring (bicyclic) bond motifs is 2. The molecule has 1 aliphatic heterocycles. The lowest BCUT2D eigenvalue weighted by Gasteiger charge is -2.13. The van der Waals surface area contributed by atoms with Crippen molar-refractivity contribution in [3.63, 3.8) is 0 Å². The van der Waals surface area contributed by atoms with Crippen LogP contribution < -0.4 is 33.4 Å². The highest BCUT2D eigenvalue weighted by molar-refractivity contribution is 8.03. The average molecular weight is 467 g/mol. The van der Waals surface area contributed by atoms with Gasteiger partial charge in [0.05, 0.1) is 21.1 Å². The number of benzene rings is 2. The minimum absolute atomic E-state index is 0. The van der Waals surface area contributed by atoms with Gasteiger partial charge in [-0.2, -0.15) is 0 Å². The minimum atomic E-state index is 0. The van der Waals surface area contributed by atoms with Crippen molar-refractivity contribution in [2.45, 2.75) is 4.90 Å². The Hall–Kier alpha value is -1.24. The predicted molar refractivity (Wildman–Crippen MR) is 98.8 cm³/mol. The van der Waals surface area contributed by atoms with Gasteiger partial charge in [-0.1, -0.05) is 41.6 Å². The Labute approximate surface area is 168 Å². The quantitative estimate of drug-likeness (QED) is 0.399. The van der Waals surface area contributed by atoms with Crippen LogP contribution in [-0.2, 0) is 7.05 Å². The first-order chi connectivity index (χ1) is 11.1. The molecule has 0 amide bonds. The van der Waals surface area contributed by atoms with Gasteiger partial charge in [-0.25, -0.2) is 4.57 Å². The fraction of sp³-hybridized carbons (Fsp3) is 0.105. The highest BCUT2D eigenvalue weighted by atomic mass is 127. The maximum absolute atomic E-state index is 6.48. The Bertz CT molecular complexity index is 955. The zero-order valence-electron chi connectivity index (χ0n) is 13.3. The Kier molecular flexibility index (Phi) is 5.08. The third-order valence-electron chi connectivity index (χ3n) is 4.19. The molecule has 4 rings (SSSR count). The van der Waals surface area contributed by atoms with E-state index in [2.05, 4.69) is 65.2 Å². The number of aromatic nitrogens is 1. The Morgan fingerprint density at radius 2 is 1.88 bits per heavy atom. The molecule has 0 unspecified atom stereocenters. The molecule has 2 aromatic carbocycles. The van der Waals surface area contributed by atoms with Crippen molar-refractivity contribution in [3.8, 4) is 0 Å². The van der Waals surface area contributed by atoms with Crippen LogP contribution in [0.25, 0.3) is 17.0 Å². The Morgan fingerprint density at radius 3 is 2.67 bits per heavy atom. The maximum Gasteiger partial charge on any atom is 0.214 e. The first kappa shape index (κ1) is 17.6. The topological polar surface area (TPSA) is 7.12 Å². The second-order valence-corrected chi connectivity index (χ2v) is 7.10. The number of hydrogen-bond acceptors (Lipinski definition) is 2. The predicted octanol–water partition coefficient (Wildman–Crippen LogP) is 1.86. The number of pyridine rings is 1. The zero-order chi connectivity index (χ0) is 16.0. The fourth-order valence-corrected chi connectivity index (χ4v) is 4.33. The lowest BCUT2D eigenvalue weighted by Crippen LogP contribution is -3.00. The summed E-state index contributed by atoms with van der Waals surface area (Å²) in [5, 5.41) is 3.09. The van der Waals surface area contributed by atoms with E-state index in [9.17, 15) is 0 Å². The number of rotatable bonds is 1. The molecule has 0 fully saturated rings. The van der Waals surface area contributed by atoms with Crippen LogP contribution in [0.1, 0.15) is 5.56 Å². The van der Waals surface area contributed by atoms with Gasteiger partial charge in [0.1, 0.15) is 7.05 Å². The molecule has 3 aromatic rings. The number of hydrogen-bond donors (Lipinski definition) is 0. The summed E-state index contributed by atoms with van der Waals surface area (Å²) < 4.78 is 2.10. The van der Waals surface area contributed by atoms with Gasteiger partial charge in [0.2, 0.25) is 5.52 Å². The molecular weight excluding hydrogens is 451 g/mol. The smallest absolute Gasteiger partial charge is 0.214 e. The summed E-state index contributed by atoms with van der Waals surface area (Å²) in [5.41, 5.74) is 3.53. The molecule has 2 heterocycles. The number of thioether (sulfide) groups is 1. The molecule has 1 aromatic heterocycles. The van der Waals surface area contributed by atoms with Crippen LogP contribution in [0.3, 0.4) is 0 Å². The zero-order valence-corrected chi connectivity index (χ0v) is 17.1. The molecule has 2 nitrogen and oxygen atoms in total. The van der Waals surface area contributed by atoms with E-state index in [1.165, 1.54) is 15.6 Å². The largest absolute Gasteiger partial charge is 1.00 e. The summed E-state index contributed by atoms with van der Waals surface area (Å²) in [7, 11) is 4.15. The van der Waals surface area contributed by atoms with Gasteiger partial charge in [0.15, 0.2) is 6.20 Å². The summed E-state index contributed by atoms with van der Waals surface area (Å²) >= 11 is 8.28. The van der Waals surface area contributed by atoms with Gasteiger partial charge in [0.25, 0.3) is 0 Å². The molecule has 5 heteroatoms. The molecule has 0 atom stereocenters. The van der Waals surface area contributed by atoms with Crippen molar-refractivity contribution in [3.05, 3.63) is 70.3 Å². The second-order valence-electron chi connectivity index (χ2n) is 5.63. The van der Waals surface area contributed by atoms with E-state index in [1.54, 1.807) is 11.8 Å². The molecular formula is C19H16ClIN2S. The van der Waals surface area contributed by atoms with Gasteiger partial charge < -0.3 is 28.9 Å². The van der Waals surface area contributed by atoms with Gasteiger partial charge in [-0.3, -0.25) is 0 Å². The van der Waals surface area contributed by atoms with Crippen LogP contribution in [0.4, 0.5) is 5.69 Å². The number of anilines is 1. The molecule has 1 aliphatic rings. The van der Waals surface area contributed by atoms with Gasteiger partial charge in [-0.15, -0.1) is 0 Å². The normalized spacial score (nSPS) is 14.8. The van der Waals surface area contributed by atoms with Crippen molar-refractivity contribution in [2.24, 2.45) is 7.05 Å². The summed E-state index contributed by atoms with van der Waals surface area (Å²) in [5.74, 6) is 0. The van der Waals surface area contributed by atoms with Crippen molar-refractivity contribution in [1.29, 1.82) is 0 Å². The molecule has 0 saturated carbocycles. The lowest BCUT2D eigenvalue weighted by atomic mass is 10.1. The number of halogens is 2. The van der Waals surface area contributed by atoms with E-state index in [-0.39, 0.29) is 24.0 Å².